The van der Waals surface area contributed by atoms with Gasteiger partial charge in [0.05, 0.1) is 7.11 Å². The summed E-state index contributed by atoms with van der Waals surface area (Å²) in [5, 5.41) is 0.317. The molecule has 0 bridgehead atoms. The number of aryl methyl sites for hydroxylation is 2. The lowest BCUT2D eigenvalue weighted by atomic mass is 10.00. The lowest BCUT2D eigenvalue weighted by molar-refractivity contribution is 0.416. The number of aromatic nitrogens is 1. The molecule has 0 amide bonds. The summed E-state index contributed by atoms with van der Waals surface area (Å²) in [7, 11) is 1.61. The van der Waals surface area contributed by atoms with Gasteiger partial charge in [0.2, 0.25) is 5.56 Å². The van der Waals surface area contributed by atoms with Crippen molar-refractivity contribution in [2.75, 3.05) is 7.11 Å². The van der Waals surface area contributed by atoms with Crippen molar-refractivity contribution >= 4 is 11.6 Å². The lowest BCUT2D eigenvalue weighted by Crippen LogP contribution is -2.04. The van der Waals surface area contributed by atoms with Gasteiger partial charge in [-0.1, -0.05) is 11.6 Å². The van der Waals surface area contributed by atoms with Gasteiger partial charge in [0.15, 0.2) is 0 Å². The molecule has 0 atom stereocenters. The highest BCUT2D eigenvalue weighted by Crippen LogP contribution is 2.32. The Labute approximate surface area is 110 Å². The van der Waals surface area contributed by atoms with Crippen LogP contribution in [0.1, 0.15) is 11.1 Å². The third-order valence-corrected chi connectivity index (χ3v) is 3.14. The summed E-state index contributed by atoms with van der Waals surface area (Å²) in [5.41, 5.74) is 3.68. The minimum absolute atomic E-state index is 0.224. The average molecular weight is 264 g/mol. The molecule has 0 aliphatic rings. The van der Waals surface area contributed by atoms with E-state index in [1.807, 2.05) is 26.0 Å². The molecule has 2 rings (SSSR count). The van der Waals surface area contributed by atoms with Crippen LogP contribution in [0.15, 0.2) is 29.1 Å². The van der Waals surface area contributed by atoms with Gasteiger partial charge in [0, 0.05) is 11.6 Å². The molecule has 94 valence electrons. The van der Waals surface area contributed by atoms with Crippen molar-refractivity contribution < 1.29 is 4.74 Å². The molecule has 0 fully saturated rings. The number of rotatable bonds is 2. The Balaban J connectivity index is 2.69. The Morgan fingerprint density at radius 1 is 1.11 bits per heavy atom. The maximum atomic E-state index is 11.5. The molecular formula is C14H14ClNO2. The number of benzene rings is 1. The molecule has 0 aliphatic heterocycles. The first-order valence-electron chi connectivity index (χ1n) is 5.56. The number of pyridine rings is 1. The highest BCUT2D eigenvalue weighted by atomic mass is 35.5. The van der Waals surface area contributed by atoms with Gasteiger partial charge in [-0.25, -0.2) is 0 Å². The summed E-state index contributed by atoms with van der Waals surface area (Å²) in [6.07, 6.45) is 0. The molecular weight excluding hydrogens is 250 g/mol. The van der Waals surface area contributed by atoms with Crippen molar-refractivity contribution in [2.24, 2.45) is 0 Å². The van der Waals surface area contributed by atoms with E-state index in [9.17, 15) is 4.79 Å². The molecule has 2 aromatic rings. The number of hydrogen-bond donors (Lipinski definition) is 1. The summed E-state index contributed by atoms with van der Waals surface area (Å²) >= 11 is 5.87. The first-order valence-corrected chi connectivity index (χ1v) is 5.94. The highest BCUT2D eigenvalue weighted by molar-refractivity contribution is 6.29. The van der Waals surface area contributed by atoms with Crippen LogP contribution in [0.5, 0.6) is 5.75 Å². The first-order chi connectivity index (χ1) is 8.51. The van der Waals surface area contributed by atoms with Crippen LogP contribution in [0, 0.1) is 13.8 Å². The molecule has 3 nitrogen and oxygen atoms in total. The zero-order valence-electron chi connectivity index (χ0n) is 10.5. The number of methoxy groups -OCH3 is 1. The second-order valence-corrected chi connectivity index (χ2v) is 4.63. The number of aromatic amines is 1. The molecule has 0 saturated heterocycles. The van der Waals surface area contributed by atoms with E-state index in [4.69, 9.17) is 16.3 Å². The van der Waals surface area contributed by atoms with Gasteiger partial charge in [-0.15, -0.1) is 0 Å². The van der Waals surface area contributed by atoms with Crippen LogP contribution >= 0.6 is 11.6 Å². The van der Waals surface area contributed by atoms with E-state index < -0.39 is 0 Å². The van der Waals surface area contributed by atoms with E-state index in [1.54, 1.807) is 13.2 Å². The fraction of sp³-hybridized carbons (Fsp3) is 0.214. The monoisotopic (exact) mass is 263 g/mol. The van der Waals surface area contributed by atoms with Crippen LogP contribution in [-0.2, 0) is 0 Å². The molecule has 18 heavy (non-hydrogen) atoms. The Morgan fingerprint density at radius 2 is 1.78 bits per heavy atom. The molecule has 0 radical (unpaired) electrons. The van der Waals surface area contributed by atoms with Crippen LogP contribution in [0.3, 0.4) is 0 Å². The van der Waals surface area contributed by atoms with Crippen molar-refractivity contribution in [3.63, 3.8) is 0 Å². The number of ether oxygens (including phenoxy) is 1. The van der Waals surface area contributed by atoms with Crippen molar-refractivity contribution in [1.82, 2.24) is 4.98 Å². The van der Waals surface area contributed by atoms with E-state index in [-0.39, 0.29) is 5.56 Å². The van der Waals surface area contributed by atoms with Gasteiger partial charge < -0.3 is 9.72 Å². The van der Waals surface area contributed by atoms with E-state index in [2.05, 4.69) is 4.98 Å². The molecule has 4 heteroatoms. The number of halogens is 1. The van der Waals surface area contributed by atoms with Gasteiger partial charge in [0.25, 0.3) is 0 Å². The molecule has 0 unspecified atom stereocenters. The van der Waals surface area contributed by atoms with Crippen molar-refractivity contribution in [3.8, 4) is 16.9 Å². The number of H-pyrrole nitrogens is 1. The van der Waals surface area contributed by atoms with Crippen molar-refractivity contribution in [3.05, 3.63) is 50.9 Å². The van der Waals surface area contributed by atoms with Crippen molar-refractivity contribution in [2.45, 2.75) is 13.8 Å². The zero-order chi connectivity index (χ0) is 13.3. The van der Waals surface area contributed by atoms with E-state index in [0.717, 1.165) is 28.0 Å². The summed E-state index contributed by atoms with van der Waals surface area (Å²) < 4.78 is 5.36. The largest absolute Gasteiger partial charge is 0.496 e. The lowest BCUT2D eigenvalue weighted by Gasteiger charge is -2.12. The van der Waals surface area contributed by atoms with Crippen LogP contribution in [0.4, 0.5) is 0 Å². The predicted molar refractivity (Wildman–Crippen MR) is 73.5 cm³/mol. The molecule has 1 N–H and O–H groups in total. The second kappa shape index (κ2) is 4.86. The van der Waals surface area contributed by atoms with Crippen LogP contribution in [0.25, 0.3) is 11.1 Å². The molecule has 0 saturated carbocycles. The smallest absolute Gasteiger partial charge is 0.249 e. The Hall–Kier alpha value is -1.74. The first kappa shape index (κ1) is 12.7. The highest BCUT2D eigenvalue weighted by Gasteiger charge is 2.09. The summed E-state index contributed by atoms with van der Waals surface area (Å²) in [4.78, 5) is 14.0. The van der Waals surface area contributed by atoms with Gasteiger partial charge in [-0.2, -0.15) is 0 Å². The average Bonchev–Trinajstić information content (AvgIpc) is 2.30. The third-order valence-electron chi connectivity index (χ3n) is 2.94. The number of hydrogen-bond acceptors (Lipinski definition) is 2. The summed E-state index contributed by atoms with van der Waals surface area (Å²) in [6, 6.07) is 7.19. The standard InChI is InChI=1S/C14H14ClNO2/c1-8-4-11(12(18-3)5-9(8)2)10-6-13(15)16-14(17)7-10/h4-7H,1-3H3,(H,16,17). The van der Waals surface area contributed by atoms with Gasteiger partial charge >= 0.3 is 0 Å². The Bertz CT molecular complexity index is 647. The van der Waals surface area contributed by atoms with Gasteiger partial charge in [-0.3, -0.25) is 4.79 Å². The minimum Gasteiger partial charge on any atom is -0.496 e. The SMILES string of the molecule is COc1cc(C)c(C)cc1-c1cc(Cl)[nH]c(=O)c1. The van der Waals surface area contributed by atoms with Crippen LogP contribution < -0.4 is 10.3 Å². The molecule has 0 spiro atoms. The van der Waals surface area contributed by atoms with Crippen molar-refractivity contribution in [1.29, 1.82) is 0 Å². The maximum absolute atomic E-state index is 11.5. The topological polar surface area (TPSA) is 42.1 Å². The Kier molecular flexibility index (Phi) is 3.43. The van der Waals surface area contributed by atoms with E-state index in [0.29, 0.717) is 5.15 Å². The third kappa shape index (κ3) is 2.41. The number of nitrogens with one attached hydrogen (secondary N) is 1. The fourth-order valence-electron chi connectivity index (χ4n) is 1.85. The second-order valence-electron chi connectivity index (χ2n) is 4.22. The maximum Gasteiger partial charge on any atom is 0.249 e. The normalized spacial score (nSPS) is 10.4. The predicted octanol–water partition coefficient (Wildman–Crippen LogP) is 3.32. The zero-order valence-corrected chi connectivity index (χ0v) is 11.3. The Morgan fingerprint density at radius 3 is 2.39 bits per heavy atom. The fourth-order valence-corrected chi connectivity index (χ4v) is 2.06. The minimum atomic E-state index is -0.224. The van der Waals surface area contributed by atoms with Crippen LogP contribution in [-0.4, -0.2) is 12.1 Å². The van der Waals surface area contributed by atoms with E-state index >= 15 is 0 Å². The van der Waals surface area contributed by atoms with Gasteiger partial charge in [0.1, 0.15) is 10.9 Å². The molecule has 1 aromatic carbocycles. The summed E-state index contributed by atoms with van der Waals surface area (Å²) in [6.45, 7) is 4.04. The summed E-state index contributed by atoms with van der Waals surface area (Å²) in [5.74, 6) is 0.736. The van der Waals surface area contributed by atoms with Crippen LogP contribution in [0.2, 0.25) is 5.15 Å². The molecule has 0 aliphatic carbocycles. The van der Waals surface area contributed by atoms with E-state index in [1.165, 1.54) is 6.07 Å². The van der Waals surface area contributed by atoms with Gasteiger partial charge in [-0.05, 0) is 48.7 Å². The molecule has 1 aromatic heterocycles. The molecule has 1 heterocycles. The quantitative estimate of drug-likeness (QED) is 0.845.